The minimum atomic E-state index is -0.651. The number of benzene rings is 2. The number of fused-ring (bicyclic) bond motifs is 1. The number of aryl methyl sites for hydroxylation is 2. The minimum Gasteiger partial charge on any atom is -0.505 e. The summed E-state index contributed by atoms with van der Waals surface area (Å²) in [7, 11) is 1.87. The Kier molecular flexibility index (Phi) is 5.46. The number of aliphatic hydroxyl groups is 1. The van der Waals surface area contributed by atoms with Gasteiger partial charge in [-0.05, 0) is 31.4 Å². The number of hydrogen-bond acceptors (Lipinski definition) is 4. The smallest absolute Gasteiger partial charge is 0.224 e. The number of anilines is 1. The molecule has 0 aliphatic carbocycles. The van der Waals surface area contributed by atoms with E-state index in [1.54, 1.807) is 6.92 Å². The molecule has 0 saturated carbocycles. The summed E-state index contributed by atoms with van der Waals surface area (Å²) < 4.78 is 1.87. The molecule has 0 radical (unpaired) electrons. The number of carbonyl (C=O) groups is 1. The van der Waals surface area contributed by atoms with Crippen LogP contribution in [0, 0.1) is 6.92 Å². The molecule has 0 spiro atoms. The van der Waals surface area contributed by atoms with Crippen LogP contribution in [0.4, 0.5) is 5.69 Å². The number of phenolic OH excluding ortho intramolecular Hbond substituents is 1. The maximum absolute atomic E-state index is 12.0. The van der Waals surface area contributed by atoms with Crippen molar-refractivity contribution in [2.24, 2.45) is 7.05 Å². The topological polar surface area (TPSA) is 87.4 Å². The van der Waals surface area contributed by atoms with Crippen LogP contribution in [0.15, 0.2) is 36.4 Å². The molecule has 6 heteroatoms. The lowest BCUT2D eigenvalue weighted by atomic mass is 9.99. The van der Waals surface area contributed by atoms with Crippen LogP contribution in [0.3, 0.4) is 0 Å². The fourth-order valence-corrected chi connectivity index (χ4v) is 3.19. The number of nitrogens with zero attached hydrogens (tertiary/aromatic N) is 2. The van der Waals surface area contributed by atoms with Gasteiger partial charge < -0.3 is 20.1 Å². The average Bonchev–Trinajstić information content (AvgIpc) is 2.96. The van der Waals surface area contributed by atoms with Gasteiger partial charge in [0.1, 0.15) is 17.1 Å². The third-order valence-corrected chi connectivity index (χ3v) is 4.93. The Balaban J connectivity index is 1.97. The number of aliphatic hydroxyl groups excluding tert-OH is 1. The molecule has 0 saturated heterocycles. The van der Waals surface area contributed by atoms with Crippen LogP contribution in [-0.4, -0.2) is 25.7 Å². The normalized spacial score (nSPS) is 12.3. The van der Waals surface area contributed by atoms with Gasteiger partial charge in [-0.1, -0.05) is 37.3 Å². The van der Waals surface area contributed by atoms with Crippen molar-refractivity contribution in [3.63, 3.8) is 0 Å². The Morgan fingerprint density at radius 3 is 2.67 bits per heavy atom. The fourth-order valence-electron chi connectivity index (χ4n) is 3.19. The maximum Gasteiger partial charge on any atom is 0.224 e. The number of amides is 1. The first-order chi connectivity index (χ1) is 12.9. The molecule has 0 bridgehead atoms. The van der Waals surface area contributed by atoms with E-state index in [-0.39, 0.29) is 11.7 Å². The van der Waals surface area contributed by atoms with Crippen LogP contribution >= 0.6 is 0 Å². The van der Waals surface area contributed by atoms with E-state index in [0.717, 1.165) is 16.9 Å². The SMILES string of the molecule is CCC(=O)Nc1cc2c(nc(C)n2C)c(O)c1CCC(O)c1ccccc1. The van der Waals surface area contributed by atoms with Crippen LogP contribution in [0.2, 0.25) is 0 Å². The minimum absolute atomic E-state index is 0.0582. The standard InChI is InChI=1S/C21H25N3O3/c1-4-19(26)23-16-12-17-20(22-13(2)24(17)3)21(27)15(16)10-11-18(25)14-8-6-5-7-9-14/h5-9,12,18,25,27H,4,10-11H2,1-3H3,(H,23,26). The van der Waals surface area contributed by atoms with Crippen LogP contribution in [-0.2, 0) is 18.3 Å². The third kappa shape index (κ3) is 3.80. The number of carbonyl (C=O) groups excluding carboxylic acids is 1. The molecular weight excluding hydrogens is 342 g/mol. The van der Waals surface area contributed by atoms with E-state index in [1.807, 2.05) is 54.9 Å². The van der Waals surface area contributed by atoms with E-state index in [4.69, 9.17) is 0 Å². The largest absolute Gasteiger partial charge is 0.505 e. The summed E-state index contributed by atoms with van der Waals surface area (Å²) in [4.78, 5) is 16.4. The fraction of sp³-hybridized carbons (Fsp3) is 0.333. The Morgan fingerprint density at radius 1 is 1.30 bits per heavy atom. The summed E-state index contributed by atoms with van der Waals surface area (Å²) in [5, 5.41) is 24.2. The number of aromatic nitrogens is 2. The molecular formula is C21H25N3O3. The zero-order valence-corrected chi connectivity index (χ0v) is 15.9. The quantitative estimate of drug-likeness (QED) is 0.621. The van der Waals surface area contributed by atoms with Crippen molar-refractivity contribution in [3.05, 3.63) is 53.3 Å². The molecule has 27 heavy (non-hydrogen) atoms. The summed E-state index contributed by atoms with van der Waals surface area (Å²) in [6, 6.07) is 11.2. The van der Waals surface area contributed by atoms with Crippen LogP contribution in [0.25, 0.3) is 11.0 Å². The Labute approximate surface area is 158 Å². The first-order valence-corrected chi connectivity index (χ1v) is 9.13. The van der Waals surface area contributed by atoms with Crippen molar-refractivity contribution in [2.75, 3.05) is 5.32 Å². The van der Waals surface area contributed by atoms with Gasteiger partial charge in [0, 0.05) is 24.7 Å². The maximum atomic E-state index is 12.0. The third-order valence-electron chi connectivity index (χ3n) is 4.93. The molecule has 1 heterocycles. The molecule has 1 amide bonds. The van der Waals surface area contributed by atoms with Crippen LogP contribution in [0.5, 0.6) is 5.75 Å². The second-order valence-corrected chi connectivity index (χ2v) is 6.70. The molecule has 2 aromatic carbocycles. The van der Waals surface area contributed by atoms with E-state index >= 15 is 0 Å². The zero-order valence-electron chi connectivity index (χ0n) is 15.9. The number of aromatic hydroxyl groups is 1. The molecule has 142 valence electrons. The van der Waals surface area contributed by atoms with Gasteiger partial charge in [0.2, 0.25) is 5.91 Å². The Morgan fingerprint density at radius 2 is 2.00 bits per heavy atom. The van der Waals surface area contributed by atoms with Crippen molar-refractivity contribution >= 4 is 22.6 Å². The van der Waals surface area contributed by atoms with Gasteiger partial charge >= 0.3 is 0 Å². The highest BCUT2D eigenvalue weighted by molar-refractivity contribution is 5.96. The lowest BCUT2D eigenvalue weighted by Gasteiger charge is -2.16. The average molecular weight is 367 g/mol. The highest BCUT2D eigenvalue weighted by Gasteiger charge is 2.19. The molecule has 3 rings (SSSR count). The van der Waals surface area contributed by atoms with E-state index in [9.17, 15) is 15.0 Å². The molecule has 3 aromatic rings. The molecule has 0 aliphatic rings. The van der Waals surface area contributed by atoms with E-state index in [2.05, 4.69) is 10.3 Å². The van der Waals surface area contributed by atoms with Gasteiger partial charge in [-0.25, -0.2) is 4.98 Å². The Hall–Kier alpha value is -2.86. The van der Waals surface area contributed by atoms with E-state index in [0.29, 0.717) is 36.0 Å². The Bertz CT molecular complexity index is 964. The van der Waals surface area contributed by atoms with Gasteiger partial charge in [0.25, 0.3) is 0 Å². The predicted octanol–water partition coefficient (Wildman–Crippen LogP) is 3.60. The van der Waals surface area contributed by atoms with E-state index < -0.39 is 6.10 Å². The molecule has 1 unspecified atom stereocenters. The van der Waals surface area contributed by atoms with Crippen LogP contribution < -0.4 is 5.32 Å². The summed E-state index contributed by atoms with van der Waals surface area (Å²) in [5.74, 6) is 0.704. The highest BCUT2D eigenvalue weighted by atomic mass is 16.3. The number of nitrogens with one attached hydrogen (secondary N) is 1. The summed E-state index contributed by atoms with van der Waals surface area (Å²) in [5.41, 5.74) is 3.25. The van der Waals surface area contributed by atoms with Crippen molar-refractivity contribution in [2.45, 2.75) is 39.2 Å². The second kappa shape index (κ2) is 7.80. The molecule has 0 fully saturated rings. The number of imidazole rings is 1. The molecule has 3 N–H and O–H groups in total. The molecule has 1 aromatic heterocycles. The summed E-state index contributed by atoms with van der Waals surface area (Å²) in [6.07, 6.45) is 0.521. The van der Waals surface area contributed by atoms with Crippen molar-refractivity contribution in [1.82, 2.24) is 9.55 Å². The van der Waals surface area contributed by atoms with Crippen LogP contribution in [0.1, 0.15) is 42.8 Å². The molecule has 6 nitrogen and oxygen atoms in total. The number of rotatable bonds is 6. The van der Waals surface area contributed by atoms with Gasteiger partial charge in [0.05, 0.1) is 11.6 Å². The van der Waals surface area contributed by atoms with Crippen molar-refractivity contribution in [3.8, 4) is 5.75 Å². The van der Waals surface area contributed by atoms with Gasteiger partial charge in [-0.2, -0.15) is 0 Å². The monoisotopic (exact) mass is 367 g/mol. The van der Waals surface area contributed by atoms with E-state index in [1.165, 1.54) is 0 Å². The first-order valence-electron chi connectivity index (χ1n) is 9.13. The van der Waals surface area contributed by atoms with Crippen molar-refractivity contribution < 1.29 is 15.0 Å². The lowest BCUT2D eigenvalue weighted by Crippen LogP contribution is -2.12. The lowest BCUT2D eigenvalue weighted by molar-refractivity contribution is -0.115. The van der Waals surface area contributed by atoms with Crippen molar-refractivity contribution in [1.29, 1.82) is 0 Å². The van der Waals surface area contributed by atoms with Gasteiger partial charge in [0.15, 0.2) is 0 Å². The number of hydrogen-bond donors (Lipinski definition) is 3. The summed E-state index contributed by atoms with van der Waals surface area (Å²) in [6.45, 7) is 3.64. The molecule has 0 aliphatic heterocycles. The predicted molar refractivity (Wildman–Crippen MR) is 106 cm³/mol. The number of phenols is 1. The molecule has 1 atom stereocenters. The van der Waals surface area contributed by atoms with Gasteiger partial charge in [-0.3, -0.25) is 4.79 Å². The summed E-state index contributed by atoms with van der Waals surface area (Å²) >= 11 is 0. The zero-order chi connectivity index (χ0) is 19.6. The second-order valence-electron chi connectivity index (χ2n) is 6.70. The highest BCUT2D eigenvalue weighted by Crippen LogP contribution is 2.36. The first kappa shape index (κ1) is 18.9. The van der Waals surface area contributed by atoms with Gasteiger partial charge in [-0.15, -0.1) is 0 Å².